The number of thioether (sulfide) groups is 1. The van der Waals surface area contributed by atoms with Gasteiger partial charge in [-0.05, 0) is 50.6 Å². The predicted octanol–water partition coefficient (Wildman–Crippen LogP) is 4.18. The summed E-state index contributed by atoms with van der Waals surface area (Å²) in [4.78, 5) is 26.1. The van der Waals surface area contributed by atoms with Crippen LogP contribution < -0.4 is 10.2 Å². The highest BCUT2D eigenvalue weighted by Crippen LogP contribution is 2.35. The van der Waals surface area contributed by atoms with E-state index in [9.17, 15) is 4.79 Å². The van der Waals surface area contributed by atoms with E-state index >= 15 is 0 Å². The quantitative estimate of drug-likeness (QED) is 0.486. The van der Waals surface area contributed by atoms with Gasteiger partial charge in [0.05, 0.1) is 19.0 Å². The SMILES string of the molecule is Cc1nc(SCC(=O)Nc2ccc(N3CCOCC3)cc2)c2c(C)c(C)sc2n1. The van der Waals surface area contributed by atoms with Gasteiger partial charge >= 0.3 is 0 Å². The molecular formula is C21H24N4O2S2. The highest BCUT2D eigenvalue weighted by atomic mass is 32.2. The molecule has 2 aromatic heterocycles. The number of nitrogens with one attached hydrogen (secondary N) is 1. The summed E-state index contributed by atoms with van der Waals surface area (Å²) in [6.45, 7) is 9.40. The van der Waals surface area contributed by atoms with Crippen LogP contribution in [0.3, 0.4) is 0 Å². The van der Waals surface area contributed by atoms with Crippen LogP contribution in [-0.2, 0) is 9.53 Å². The molecule has 1 saturated heterocycles. The highest BCUT2D eigenvalue weighted by molar-refractivity contribution is 8.00. The number of amides is 1. The fraction of sp³-hybridized carbons (Fsp3) is 0.381. The van der Waals surface area contributed by atoms with Gasteiger partial charge in [-0.15, -0.1) is 11.3 Å². The molecule has 6 nitrogen and oxygen atoms in total. The average Bonchev–Trinajstić information content (AvgIpc) is 3.01. The molecule has 0 radical (unpaired) electrons. The summed E-state index contributed by atoms with van der Waals surface area (Å²) in [5, 5.41) is 4.94. The third-order valence-corrected chi connectivity index (χ3v) is 7.05. The standard InChI is InChI=1S/C21H24N4O2S2/c1-13-14(2)29-21-19(13)20(22-15(3)23-21)28-12-18(26)24-16-4-6-17(7-5-16)25-8-10-27-11-9-25/h4-7H,8-12H2,1-3H3,(H,24,26). The van der Waals surface area contributed by atoms with Crippen LogP contribution in [0.25, 0.3) is 10.2 Å². The Bertz CT molecular complexity index is 1030. The molecule has 3 heterocycles. The smallest absolute Gasteiger partial charge is 0.234 e. The number of fused-ring (bicyclic) bond motifs is 1. The van der Waals surface area contributed by atoms with Crippen LogP contribution in [0.1, 0.15) is 16.3 Å². The van der Waals surface area contributed by atoms with E-state index in [4.69, 9.17) is 4.74 Å². The fourth-order valence-corrected chi connectivity index (χ4v) is 5.40. The number of nitrogens with zero attached hydrogens (tertiary/aromatic N) is 3. The van der Waals surface area contributed by atoms with Gasteiger partial charge < -0.3 is 15.0 Å². The molecule has 0 atom stereocenters. The zero-order valence-corrected chi connectivity index (χ0v) is 18.5. The van der Waals surface area contributed by atoms with Crippen molar-refractivity contribution in [2.45, 2.75) is 25.8 Å². The lowest BCUT2D eigenvalue weighted by Crippen LogP contribution is -2.36. The minimum atomic E-state index is -0.0388. The molecule has 1 fully saturated rings. The van der Waals surface area contributed by atoms with Gasteiger partial charge in [0, 0.05) is 34.7 Å². The Kier molecular flexibility index (Phi) is 6.03. The Hall–Kier alpha value is -2.16. The zero-order valence-electron chi connectivity index (χ0n) is 16.8. The van der Waals surface area contributed by atoms with Crippen LogP contribution >= 0.6 is 23.1 Å². The number of carbonyl (C=O) groups excluding carboxylic acids is 1. The van der Waals surface area contributed by atoms with E-state index in [1.165, 1.54) is 22.2 Å². The van der Waals surface area contributed by atoms with Gasteiger partial charge in [0.1, 0.15) is 15.7 Å². The summed E-state index contributed by atoms with van der Waals surface area (Å²) in [6.07, 6.45) is 0. The molecule has 0 bridgehead atoms. The molecule has 1 aliphatic heterocycles. The second-order valence-corrected chi connectivity index (χ2v) is 9.19. The largest absolute Gasteiger partial charge is 0.378 e. The summed E-state index contributed by atoms with van der Waals surface area (Å²) < 4.78 is 5.39. The summed E-state index contributed by atoms with van der Waals surface area (Å²) in [5.74, 6) is 1.01. The lowest BCUT2D eigenvalue weighted by Gasteiger charge is -2.28. The van der Waals surface area contributed by atoms with Crippen molar-refractivity contribution in [3.05, 3.63) is 40.5 Å². The van der Waals surface area contributed by atoms with Gasteiger partial charge in [-0.3, -0.25) is 4.79 Å². The molecule has 0 unspecified atom stereocenters. The lowest BCUT2D eigenvalue weighted by atomic mass is 10.2. The molecule has 0 aliphatic carbocycles. The Morgan fingerprint density at radius 1 is 1.17 bits per heavy atom. The average molecular weight is 429 g/mol. The number of aryl methyl sites for hydroxylation is 3. The molecule has 1 aliphatic rings. The van der Waals surface area contributed by atoms with Crippen molar-refractivity contribution in [3.8, 4) is 0 Å². The molecule has 4 rings (SSSR count). The maximum absolute atomic E-state index is 12.5. The Morgan fingerprint density at radius 2 is 1.90 bits per heavy atom. The first-order valence-corrected chi connectivity index (χ1v) is 11.4. The van der Waals surface area contributed by atoms with Crippen molar-refractivity contribution in [2.24, 2.45) is 0 Å². The van der Waals surface area contributed by atoms with Crippen molar-refractivity contribution < 1.29 is 9.53 Å². The molecule has 0 spiro atoms. The first-order chi connectivity index (χ1) is 14.0. The fourth-order valence-electron chi connectivity index (χ4n) is 3.33. The lowest BCUT2D eigenvalue weighted by molar-refractivity contribution is -0.113. The first-order valence-electron chi connectivity index (χ1n) is 9.61. The monoisotopic (exact) mass is 428 g/mol. The number of aromatic nitrogens is 2. The third kappa shape index (κ3) is 4.55. The normalized spacial score (nSPS) is 14.4. The van der Waals surface area contributed by atoms with Gasteiger partial charge in [0.15, 0.2) is 0 Å². The highest BCUT2D eigenvalue weighted by Gasteiger charge is 2.15. The minimum Gasteiger partial charge on any atom is -0.378 e. The second-order valence-electron chi connectivity index (χ2n) is 7.02. The van der Waals surface area contributed by atoms with E-state index in [-0.39, 0.29) is 5.91 Å². The van der Waals surface area contributed by atoms with Crippen LogP contribution in [0.15, 0.2) is 29.3 Å². The van der Waals surface area contributed by atoms with Crippen LogP contribution in [0.4, 0.5) is 11.4 Å². The molecular weight excluding hydrogens is 404 g/mol. The van der Waals surface area contributed by atoms with Gasteiger partial charge in [-0.2, -0.15) is 0 Å². The molecule has 29 heavy (non-hydrogen) atoms. The van der Waals surface area contributed by atoms with Crippen molar-refractivity contribution in [1.82, 2.24) is 9.97 Å². The van der Waals surface area contributed by atoms with Crippen LogP contribution in [0.2, 0.25) is 0 Å². The molecule has 3 aromatic rings. The summed E-state index contributed by atoms with van der Waals surface area (Å²) >= 11 is 3.15. The number of rotatable bonds is 5. The minimum absolute atomic E-state index is 0.0388. The van der Waals surface area contributed by atoms with E-state index in [0.29, 0.717) is 5.75 Å². The van der Waals surface area contributed by atoms with E-state index in [2.05, 4.69) is 34.0 Å². The molecule has 0 saturated carbocycles. The summed E-state index contributed by atoms with van der Waals surface area (Å²) in [6, 6.07) is 7.99. The van der Waals surface area contributed by atoms with Crippen molar-refractivity contribution in [1.29, 1.82) is 0 Å². The molecule has 8 heteroatoms. The number of anilines is 2. The molecule has 152 valence electrons. The van der Waals surface area contributed by atoms with Crippen LogP contribution in [0, 0.1) is 20.8 Å². The topological polar surface area (TPSA) is 67.4 Å². The maximum atomic E-state index is 12.5. The number of hydrogen-bond acceptors (Lipinski definition) is 7. The van der Waals surface area contributed by atoms with Crippen molar-refractivity contribution in [3.63, 3.8) is 0 Å². The van der Waals surface area contributed by atoms with Gasteiger partial charge in [-0.25, -0.2) is 9.97 Å². The van der Waals surface area contributed by atoms with Crippen molar-refractivity contribution in [2.75, 3.05) is 42.3 Å². The molecule has 1 amide bonds. The second kappa shape index (κ2) is 8.69. The maximum Gasteiger partial charge on any atom is 0.234 e. The van der Waals surface area contributed by atoms with Gasteiger partial charge in [0.2, 0.25) is 5.91 Å². The van der Waals surface area contributed by atoms with E-state index < -0.39 is 0 Å². The number of morpholine rings is 1. The van der Waals surface area contributed by atoms with Crippen molar-refractivity contribution >= 4 is 50.6 Å². The van der Waals surface area contributed by atoms with E-state index in [1.54, 1.807) is 11.3 Å². The Labute approximate surface area is 178 Å². The number of thiophene rings is 1. The Balaban J connectivity index is 1.40. The number of hydrogen-bond donors (Lipinski definition) is 1. The first kappa shape index (κ1) is 20.1. The van der Waals surface area contributed by atoms with Crippen LogP contribution in [-0.4, -0.2) is 47.9 Å². The molecule has 1 N–H and O–H groups in total. The number of ether oxygens (including phenoxy) is 1. The zero-order chi connectivity index (χ0) is 20.4. The number of benzene rings is 1. The predicted molar refractivity (Wildman–Crippen MR) is 120 cm³/mol. The van der Waals surface area contributed by atoms with Gasteiger partial charge in [-0.1, -0.05) is 11.8 Å². The Morgan fingerprint density at radius 3 is 2.62 bits per heavy atom. The summed E-state index contributed by atoms with van der Waals surface area (Å²) in [5.41, 5.74) is 3.16. The van der Waals surface area contributed by atoms with E-state index in [1.807, 2.05) is 31.2 Å². The summed E-state index contributed by atoms with van der Waals surface area (Å²) in [7, 11) is 0. The van der Waals surface area contributed by atoms with Crippen LogP contribution in [0.5, 0.6) is 0 Å². The molecule has 1 aromatic carbocycles. The third-order valence-electron chi connectivity index (χ3n) is 4.97. The number of carbonyl (C=O) groups is 1. The van der Waals surface area contributed by atoms with Gasteiger partial charge in [0.25, 0.3) is 0 Å². The van der Waals surface area contributed by atoms with E-state index in [0.717, 1.165) is 58.7 Å².